The van der Waals surface area contributed by atoms with Crippen LogP contribution in [0.25, 0.3) is 0 Å². The molecular weight excluding hydrogens is 216 g/mol. The Balaban J connectivity index is 2.57. The number of carbonyl (C=O) groups is 1. The number of aromatic nitrogens is 2. The van der Waals surface area contributed by atoms with E-state index in [0.29, 0.717) is 11.7 Å². The maximum absolute atomic E-state index is 10.7. The van der Waals surface area contributed by atoms with E-state index in [-0.39, 0.29) is 6.54 Å². The summed E-state index contributed by atoms with van der Waals surface area (Å²) in [4.78, 5) is 14.4. The van der Waals surface area contributed by atoms with Crippen LogP contribution in [0.15, 0.2) is 5.51 Å². The smallest absolute Gasteiger partial charge is 0.323 e. The van der Waals surface area contributed by atoms with Crippen LogP contribution in [-0.2, 0) is 4.79 Å². The van der Waals surface area contributed by atoms with Crippen LogP contribution in [0.1, 0.15) is 0 Å². The van der Waals surface area contributed by atoms with Crippen molar-refractivity contribution >= 4 is 22.4 Å². The largest absolute Gasteiger partial charge is 0.480 e. The van der Waals surface area contributed by atoms with E-state index in [9.17, 15) is 4.79 Å². The molecule has 0 aliphatic carbocycles. The average molecular weight is 230 g/mol. The number of likely N-dealkylation sites (N-methyl/N-ethyl adjacent to an activating group) is 1. The molecule has 0 saturated carbocycles. The number of carboxylic acids is 1. The molecule has 7 heteroatoms. The molecule has 1 rings (SSSR count). The van der Waals surface area contributed by atoms with Crippen LogP contribution in [0.2, 0.25) is 0 Å². The van der Waals surface area contributed by atoms with Gasteiger partial charge in [0.15, 0.2) is 0 Å². The molecule has 84 valence electrons. The first-order valence-electron chi connectivity index (χ1n) is 4.47. The minimum atomic E-state index is -0.857. The third kappa shape index (κ3) is 4.22. The van der Waals surface area contributed by atoms with Gasteiger partial charge in [0.2, 0.25) is 5.13 Å². The molecule has 0 fully saturated rings. The monoisotopic (exact) mass is 230 g/mol. The van der Waals surface area contributed by atoms with Gasteiger partial charge in [0.25, 0.3) is 0 Å². The van der Waals surface area contributed by atoms with Crippen molar-refractivity contribution in [1.82, 2.24) is 15.1 Å². The first-order valence-corrected chi connectivity index (χ1v) is 5.35. The number of hydrogen-bond donors (Lipinski definition) is 1. The van der Waals surface area contributed by atoms with Crippen molar-refractivity contribution in [2.45, 2.75) is 0 Å². The summed E-state index contributed by atoms with van der Waals surface area (Å²) in [5.74, 6) is -0.857. The predicted octanol–water partition coefficient (Wildman–Crippen LogP) is -0.00930. The average Bonchev–Trinajstić information content (AvgIpc) is 2.63. The highest BCUT2D eigenvalue weighted by molar-refractivity contribution is 7.13. The number of nitrogens with zero attached hydrogens (tertiary/aromatic N) is 4. The van der Waals surface area contributed by atoms with Crippen LogP contribution in [0, 0.1) is 0 Å². The van der Waals surface area contributed by atoms with E-state index < -0.39 is 5.97 Å². The van der Waals surface area contributed by atoms with Gasteiger partial charge in [-0.1, -0.05) is 11.3 Å². The predicted molar refractivity (Wildman–Crippen MR) is 58.3 cm³/mol. The van der Waals surface area contributed by atoms with E-state index >= 15 is 0 Å². The maximum Gasteiger partial charge on any atom is 0.323 e. The van der Waals surface area contributed by atoms with Gasteiger partial charge in [-0.15, -0.1) is 10.2 Å². The van der Waals surface area contributed by atoms with Crippen LogP contribution in [0.5, 0.6) is 0 Å². The van der Waals surface area contributed by atoms with Crippen LogP contribution in [0.3, 0.4) is 0 Å². The van der Waals surface area contributed by atoms with E-state index in [1.165, 1.54) is 11.3 Å². The van der Waals surface area contributed by atoms with Gasteiger partial charge in [0.05, 0.1) is 0 Å². The van der Waals surface area contributed by atoms with Crippen molar-refractivity contribution in [2.75, 3.05) is 38.6 Å². The highest BCUT2D eigenvalue weighted by Gasteiger charge is 2.13. The molecule has 0 unspecified atom stereocenters. The molecule has 0 aliphatic rings. The summed E-state index contributed by atoms with van der Waals surface area (Å²) in [5, 5.41) is 17.0. The number of carboxylic acid groups (broad SMARTS) is 1. The van der Waals surface area contributed by atoms with E-state index in [1.807, 2.05) is 19.0 Å². The SMILES string of the molecule is CN(C)CCN(CC(=O)O)c1nncs1. The third-order valence-corrected chi connectivity index (χ3v) is 2.51. The summed E-state index contributed by atoms with van der Waals surface area (Å²) in [6, 6.07) is 0. The number of rotatable bonds is 6. The zero-order valence-corrected chi connectivity index (χ0v) is 9.57. The molecule has 0 atom stereocenters. The van der Waals surface area contributed by atoms with Crippen molar-refractivity contribution in [2.24, 2.45) is 0 Å². The van der Waals surface area contributed by atoms with Crippen molar-refractivity contribution < 1.29 is 9.90 Å². The van der Waals surface area contributed by atoms with Gasteiger partial charge < -0.3 is 14.9 Å². The lowest BCUT2D eigenvalue weighted by molar-refractivity contribution is -0.135. The highest BCUT2D eigenvalue weighted by Crippen LogP contribution is 2.14. The summed E-state index contributed by atoms with van der Waals surface area (Å²) in [6.45, 7) is 1.38. The molecule has 15 heavy (non-hydrogen) atoms. The summed E-state index contributed by atoms with van der Waals surface area (Å²) < 4.78 is 0. The fourth-order valence-electron chi connectivity index (χ4n) is 1.03. The van der Waals surface area contributed by atoms with Gasteiger partial charge in [0.1, 0.15) is 12.1 Å². The molecule has 0 aromatic carbocycles. The van der Waals surface area contributed by atoms with E-state index in [4.69, 9.17) is 5.11 Å². The lowest BCUT2D eigenvalue weighted by Gasteiger charge is -2.20. The van der Waals surface area contributed by atoms with Gasteiger partial charge in [-0.25, -0.2) is 0 Å². The zero-order chi connectivity index (χ0) is 11.3. The Bertz CT molecular complexity index is 302. The Hall–Kier alpha value is -1.21. The Kier molecular flexibility index (Phi) is 4.44. The van der Waals surface area contributed by atoms with Gasteiger partial charge in [0, 0.05) is 13.1 Å². The van der Waals surface area contributed by atoms with Gasteiger partial charge >= 0.3 is 5.97 Å². The van der Waals surface area contributed by atoms with Crippen LogP contribution < -0.4 is 4.90 Å². The van der Waals surface area contributed by atoms with Crippen LogP contribution >= 0.6 is 11.3 Å². The first kappa shape index (κ1) is 11.9. The maximum atomic E-state index is 10.7. The van der Waals surface area contributed by atoms with Crippen LogP contribution in [0.4, 0.5) is 5.13 Å². The number of aliphatic carboxylic acids is 1. The van der Waals surface area contributed by atoms with E-state index in [1.54, 1.807) is 10.4 Å². The Morgan fingerprint density at radius 2 is 2.27 bits per heavy atom. The highest BCUT2D eigenvalue weighted by atomic mass is 32.1. The van der Waals surface area contributed by atoms with Gasteiger partial charge in [-0.2, -0.15) is 0 Å². The standard InChI is InChI=1S/C8H14N4O2S/c1-11(2)3-4-12(5-7(13)14)8-10-9-6-15-8/h6H,3-5H2,1-2H3,(H,13,14). The molecular formula is C8H14N4O2S. The molecule has 0 amide bonds. The van der Waals surface area contributed by atoms with E-state index in [2.05, 4.69) is 10.2 Å². The molecule has 1 N–H and O–H groups in total. The second-order valence-corrected chi connectivity index (χ2v) is 4.15. The minimum absolute atomic E-state index is 0.0387. The van der Waals surface area contributed by atoms with Crippen LogP contribution in [-0.4, -0.2) is 59.9 Å². The van der Waals surface area contributed by atoms with Crippen molar-refractivity contribution in [3.05, 3.63) is 5.51 Å². The van der Waals surface area contributed by atoms with Crippen molar-refractivity contribution in [3.63, 3.8) is 0 Å². The Labute approximate surface area is 92.1 Å². The Morgan fingerprint density at radius 1 is 1.53 bits per heavy atom. The lowest BCUT2D eigenvalue weighted by Crippen LogP contribution is -2.35. The fourth-order valence-corrected chi connectivity index (χ4v) is 1.62. The Morgan fingerprint density at radius 3 is 2.73 bits per heavy atom. The van der Waals surface area contributed by atoms with Crippen molar-refractivity contribution in [3.8, 4) is 0 Å². The fraction of sp³-hybridized carbons (Fsp3) is 0.625. The molecule has 0 spiro atoms. The number of anilines is 1. The van der Waals surface area contributed by atoms with E-state index in [0.717, 1.165) is 6.54 Å². The molecule has 0 radical (unpaired) electrons. The third-order valence-electron chi connectivity index (χ3n) is 1.76. The second-order valence-electron chi connectivity index (χ2n) is 3.34. The molecule has 1 aromatic rings. The molecule has 1 heterocycles. The summed E-state index contributed by atoms with van der Waals surface area (Å²) in [5.41, 5.74) is 1.60. The van der Waals surface area contributed by atoms with Gasteiger partial charge in [-0.3, -0.25) is 4.79 Å². The molecule has 0 aliphatic heterocycles. The summed E-state index contributed by atoms with van der Waals surface area (Å²) >= 11 is 1.35. The second kappa shape index (κ2) is 5.62. The molecule has 1 aromatic heterocycles. The molecule has 6 nitrogen and oxygen atoms in total. The minimum Gasteiger partial charge on any atom is -0.480 e. The normalized spacial score (nSPS) is 10.6. The lowest BCUT2D eigenvalue weighted by atomic mass is 10.5. The van der Waals surface area contributed by atoms with Gasteiger partial charge in [-0.05, 0) is 14.1 Å². The van der Waals surface area contributed by atoms with Crippen molar-refractivity contribution in [1.29, 1.82) is 0 Å². The molecule has 0 bridgehead atoms. The topological polar surface area (TPSA) is 69.6 Å². The number of hydrogen-bond acceptors (Lipinski definition) is 6. The summed E-state index contributed by atoms with van der Waals surface area (Å²) in [7, 11) is 3.89. The molecule has 0 saturated heterocycles. The zero-order valence-electron chi connectivity index (χ0n) is 8.75. The summed E-state index contributed by atoms with van der Waals surface area (Å²) in [6.07, 6.45) is 0. The quantitative estimate of drug-likeness (QED) is 0.741. The first-order chi connectivity index (χ1) is 7.09.